The molecule has 0 saturated carbocycles. The van der Waals surface area contributed by atoms with Gasteiger partial charge >= 0.3 is 6.18 Å². The molecule has 21 heavy (non-hydrogen) atoms. The van der Waals surface area contributed by atoms with Crippen LogP contribution in [-0.2, 0) is 0 Å². The molecule has 1 aromatic rings. The minimum Gasteiger partial charge on any atom is -0.360 e. The summed E-state index contributed by atoms with van der Waals surface area (Å²) < 4.78 is 36.0. The number of carbonyl (C=O) groups excluding carboxylic acids is 1. The lowest BCUT2D eigenvalue weighted by molar-refractivity contribution is -0.123. The molecule has 1 aromatic carbocycles. The smallest absolute Gasteiger partial charge is 0.360 e. The molecule has 0 bridgehead atoms. The summed E-state index contributed by atoms with van der Waals surface area (Å²) in [7, 11) is 0. The van der Waals surface area contributed by atoms with Gasteiger partial charge in [0.05, 0.1) is 0 Å². The normalized spacial score (nSPS) is 9.95. The van der Waals surface area contributed by atoms with Crippen LogP contribution in [0.2, 0.25) is 0 Å². The number of nitriles is 2. The van der Waals surface area contributed by atoms with Crippen molar-refractivity contribution in [1.82, 2.24) is 5.32 Å². The van der Waals surface area contributed by atoms with Gasteiger partial charge in [0.15, 0.2) is 0 Å². The van der Waals surface area contributed by atoms with Crippen LogP contribution >= 0.6 is 0 Å². The van der Waals surface area contributed by atoms with Crippen LogP contribution in [0, 0.1) is 22.7 Å². The van der Waals surface area contributed by atoms with E-state index in [0.29, 0.717) is 5.69 Å². The molecule has 0 saturated heterocycles. The Morgan fingerprint density at radius 2 is 1.95 bits per heavy atom. The monoisotopic (exact) mass is 294 g/mol. The molecule has 8 heteroatoms. The number of carbonyl (C=O) groups is 1. The fourth-order valence-corrected chi connectivity index (χ4v) is 1.28. The van der Waals surface area contributed by atoms with E-state index in [4.69, 9.17) is 10.5 Å². The second-order valence-corrected chi connectivity index (χ2v) is 3.80. The summed E-state index contributed by atoms with van der Waals surface area (Å²) in [6.07, 6.45) is -3.35. The second-order valence-electron chi connectivity index (χ2n) is 3.80. The summed E-state index contributed by atoms with van der Waals surface area (Å²) >= 11 is 0. The van der Waals surface area contributed by atoms with Crippen LogP contribution in [0.4, 0.5) is 18.9 Å². The number of nitrogens with one attached hydrogen (secondary N) is 2. The maximum Gasteiger partial charge on any atom is 0.405 e. The Labute approximate surface area is 118 Å². The minimum absolute atomic E-state index is 0.0214. The van der Waals surface area contributed by atoms with E-state index in [1.165, 1.54) is 24.3 Å². The molecule has 2 N–H and O–H groups in total. The van der Waals surface area contributed by atoms with Crippen molar-refractivity contribution in [3.05, 3.63) is 41.6 Å². The quantitative estimate of drug-likeness (QED) is 0.834. The van der Waals surface area contributed by atoms with Crippen LogP contribution in [-0.4, -0.2) is 18.6 Å². The lowest BCUT2D eigenvalue weighted by Gasteiger charge is -2.09. The average molecular weight is 294 g/mol. The number of hydrogen-bond donors (Lipinski definition) is 2. The Morgan fingerprint density at radius 1 is 1.29 bits per heavy atom. The summed E-state index contributed by atoms with van der Waals surface area (Å²) in [6.45, 7) is -1.42. The number of alkyl halides is 3. The molecular formula is C13H9F3N4O. The predicted molar refractivity (Wildman–Crippen MR) is 67.8 cm³/mol. The third-order valence-electron chi connectivity index (χ3n) is 2.20. The molecule has 0 aliphatic carbocycles. The molecule has 0 unspecified atom stereocenters. The van der Waals surface area contributed by atoms with Gasteiger partial charge in [-0.15, -0.1) is 0 Å². The lowest BCUT2D eigenvalue weighted by Crippen LogP contribution is -2.33. The maximum atomic E-state index is 12.0. The number of amides is 1. The third kappa shape index (κ3) is 5.66. The van der Waals surface area contributed by atoms with E-state index in [9.17, 15) is 18.0 Å². The molecule has 0 heterocycles. The van der Waals surface area contributed by atoms with Crippen molar-refractivity contribution in [1.29, 1.82) is 10.5 Å². The molecule has 0 aliphatic heterocycles. The fourth-order valence-electron chi connectivity index (χ4n) is 1.28. The summed E-state index contributed by atoms with van der Waals surface area (Å²) in [5.74, 6) is -0.874. The minimum atomic E-state index is -4.48. The van der Waals surface area contributed by atoms with Gasteiger partial charge in [-0.2, -0.15) is 23.7 Å². The van der Waals surface area contributed by atoms with Gasteiger partial charge in [-0.1, -0.05) is 6.07 Å². The number of benzene rings is 1. The molecule has 108 valence electrons. The van der Waals surface area contributed by atoms with Crippen LogP contribution < -0.4 is 10.6 Å². The van der Waals surface area contributed by atoms with E-state index in [-0.39, 0.29) is 11.1 Å². The van der Waals surface area contributed by atoms with Gasteiger partial charge in [0.25, 0.3) is 5.91 Å². The van der Waals surface area contributed by atoms with Crippen LogP contribution in [0.1, 0.15) is 10.4 Å². The maximum absolute atomic E-state index is 12.0. The van der Waals surface area contributed by atoms with Crippen molar-refractivity contribution >= 4 is 11.6 Å². The zero-order valence-corrected chi connectivity index (χ0v) is 10.5. The molecule has 1 rings (SSSR count). The largest absolute Gasteiger partial charge is 0.405 e. The van der Waals surface area contributed by atoms with Gasteiger partial charge in [0, 0.05) is 17.5 Å². The first-order valence-electron chi connectivity index (χ1n) is 5.57. The number of allylic oxidation sites excluding steroid dienone is 1. The highest BCUT2D eigenvalue weighted by Crippen LogP contribution is 2.14. The van der Waals surface area contributed by atoms with Gasteiger partial charge in [0.1, 0.15) is 24.3 Å². The summed E-state index contributed by atoms with van der Waals surface area (Å²) in [6, 6.07) is 8.89. The Hall–Kier alpha value is -3.00. The number of halogens is 3. The highest BCUT2D eigenvalue weighted by molar-refractivity contribution is 5.95. The molecule has 5 nitrogen and oxygen atoms in total. The van der Waals surface area contributed by atoms with Crippen molar-refractivity contribution < 1.29 is 18.0 Å². The van der Waals surface area contributed by atoms with E-state index >= 15 is 0 Å². The highest BCUT2D eigenvalue weighted by atomic mass is 19.4. The lowest BCUT2D eigenvalue weighted by atomic mass is 10.2. The molecule has 1 amide bonds. The van der Waals surface area contributed by atoms with E-state index in [1.54, 1.807) is 17.5 Å². The number of hydrogen-bond acceptors (Lipinski definition) is 4. The van der Waals surface area contributed by atoms with Crippen molar-refractivity contribution in [2.75, 3.05) is 11.9 Å². The van der Waals surface area contributed by atoms with Gasteiger partial charge in [0.2, 0.25) is 0 Å². The van der Waals surface area contributed by atoms with Crippen LogP contribution in [0.25, 0.3) is 0 Å². The topological polar surface area (TPSA) is 88.7 Å². The molecule has 0 radical (unpaired) electrons. The standard InChI is InChI=1S/C13H9F3N4O/c14-13(15,16)8-20-12(21)10-2-1-3-11(4-10)19-7-9(5-17)6-18/h1-4,7,19H,8H2,(H,20,21). The van der Waals surface area contributed by atoms with Gasteiger partial charge in [-0.3, -0.25) is 4.79 Å². The van der Waals surface area contributed by atoms with Crippen molar-refractivity contribution in [2.45, 2.75) is 6.18 Å². The predicted octanol–water partition coefficient (Wildman–Crippen LogP) is 2.32. The van der Waals surface area contributed by atoms with Crippen LogP contribution in [0.15, 0.2) is 36.0 Å². The first-order chi connectivity index (χ1) is 9.85. The van der Waals surface area contributed by atoms with Crippen LogP contribution in [0.5, 0.6) is 0 Å². The number of anilines is 1. The number of rotatable bonds is 4. The Kier molecular flexibility index (Phi) is 5.32. The van der Waals surface area contributed by atoms with Gasteiger partial charge in [-0.05, 0) is 18.2 Å². The van der Waals surface area contributed by atoms with Crippen molar-refractivity contribution in [2.24, 2.45) is 0 Å². The fraction of sp³-hybridized carbons (Fsp3) is 0.154. The Balaban J connectivity index is 2.77. The Bertz CT molecular complexity index is 622. The summed E-state index contributed by atoms with van der Waals surface area (Å²) in [5.41, 5.74) is 0.202. The second kappa shape index (κ2) is 6.96. The molecule has 0 aromatic heterocycles. The SMILES string of the molecule is N#CC(C#N)=CNc1cccc(C(=O)NCC(F)(F)F)c1. The summed E-state index contributed by atoms with van der Waals surface area (Å²) in [5, 5.41) is 21.4. The van der Waals surface area contributed by atoms with E-state index in [0.717, 1.165) is 6.20 Å². The molecule has 0 spiro atoms. The molecule has 0 aliphatic rings. The van der Waals surface area contributed by atoms with Crippen LogP contribution in [0.3, 0.4) is 0 Å². The first-order valence-corrected chi connectivity index (χ1v) is 5.57. The molecule has 0 atom stereocenters. The number of nitrogens with zero attached hydrogens (tertiary/aromatic N) is 2. The molecule has 0 fully saturated rings. The first kappa shape index (κ1) is 16.1. The van der Waals surface area contributed by atoms with Gasteiger partial charge < -0.3 is 10.6 Å². The zero-order valence-electron chi connectivity index (χ0n) is 10.5. The van der Waals surface area contributed by atoms with E-state index in [2.05, 4.69) is 5.32 Å². The Morgan fingerprint density at radius 3 is 2.52 bits per heavy atom. The third-order valence-corrected chi connectivity index (χ3v) is 2.20. The molecular weight excluding hydrogens is 285 g/mol. The van der Waals surface area contributed by atoms with E-state index < -0.39 is 18.6 Å². The highest BCUT2D eigenvalue weighted by Gasteiger charge is 2.27. The van der Waals surface area contributed by atoms with E-state index in [1.807, 2.05) is 0 Å². The zero-order chi connectivity index (χ0) is 15.9. The van der Waals surface area contributed by atoms with Crippen molar-refractivity contribution in [3.63, 3.8) is 0 Å². The average Bonchev–Trinajstić information content (AvgIpc) is 2.45. The van der Waals surface area contributed by atoms with Gasteiger partial charge in [-0.25, -0.2) is 0 Å². The van der Waals surface area contributed by atoms with Crippen molar-refractivity contribution in [3.8, 4) is 12.1 Å². The summed E-state index contributed by atoms with van der Waals surface area (Å²) in [4.78, 5) is 11.5.